The fourth-order valence-electron chi connectivity index (χ4n) is 11.3. The van der Waals surface area contributed by atoms with E-state index in [4.69, 9.17) is 8.83 Å². The van der Waals surface area contributed by atoms with Crippen molar-refractivity contribution in [3.8, 4) is 22.3 Å². The van der Waals surface area contributed by atoms with Gasteiger partial charge in [0, 0.05) is 66.8 Å². The normalized spacial score (nSPS) is 12.9. The van der Waals surface area contributed by atoms with Crippen molar-refractivity contribution in [2.45, 2.75) is 19.3 Å². The first kappa shape index (κ1) is 39.3. The highest BCUT2D eigenvalue weighted by Crippen LogP contribution is 2.51. The van der Waals surface area contributed by atoms with Gasteiger partial charge in [-0.3, -0.25) is 0 Å². The second-order valence-electron chi connectivity index (χ2n) is 18.8. The summed E-state index contributed by atoms with van der Waals surface area (Å²) in [5.41, 5.74) is 17.4. The van der Waals surface area contributed by atoms with Crippen LogP contribution in [0.5, 0.6) is 0 Å². The maximum absolute atomic E-state index is 7.07. The summed E-state index contributed by atoms with van der Waals surface area (Å²) in [7, 11) is 0. The first-order chi connectivity index (χ1) is 34.0. The Morgan fingerprint density at radius 1 is 0.319 bits per heavy atom. The Balaban J connectivity index is 0.874. The van der Waals surface area contributed by atoms with Gasteiger partial charge in [-0.05, 0) is 134 Å². The average Bonchev–Trinajstić information content (AvgIpc) is 4.05. The zero-order valence-corrected chi connectivity index (χ0v) is 38.2. The van der Waals surface area contributed by atoms with Gasteiger partial charge in [-0.2, -0.15) is 0 Å². The Bertz CT molecular complexity index is 4170. The van der Waals surface area contributed by atoms with E-state index in [0.717, 1.165) is 99.9 Å². The molecule has 0 spiro atoms. The Labute approximate surface area is 399 Å². The van der Waals surface area contributed by atoms with Crippen LogP contribution in [0.2, 0.25) is 0 Å². The van der Waals surface area contributed by atoms with Gasteiger partial charge in [0.2, 0.25) is 0 Å². The Hall–Kier alpha value is -8.86. The molecule has 2 aromatic heterocycles. The summed E-state index contributed by atoms with van der Waals surface area (Å²) in [6.45, 7) is 4.68. The summed E-state index contributed by atoms with van der Waals surface area (Å²) in [5, 5.41) is 9.09. The second kappa shape index (κ2) is 15.1. The Morgan fingerprint density at radius 3 is 1.70 bits per heavy atom. The Morgan fingerprint density at radius 2 is 0.884 bits per heavy atom. The minimum Gasteiger partial charge on any atom is -0.455 e. The average molecular weight is 885 g/mol. The molecule has 0 aliphatic heterocycles. The number of nitrogens with zero attached hydrogens (tertiary/aromatic N) is 2. The van der Waals surface area contributed by atoms with E-state index < -0.39 is 0 Å². The maximum atomic E-state index is 7.07. The van der Waals surface area contributed by atoms with Crippen molar-refractivity contribution in [2.75, 3.05) is 9.80 Å². The van der Waals surface area contributed by atoms with Gasteiger partial charge in [0.25, 0.3) is 0 Å². The third kappa shape index (κ3) is 6.02. The summed E-state index contributed by atoms with van der Waals surface area (Å²) in [4.78, 5) is 4.65. The topological polar surface area (TPSA) is 32.8 Å². The van der Waals surface area contributed by atoms with Crippen LogP contribution in [0.1, 0.15) is 25.0 Å². The van der Waals surface area contributed by atoms with Crippen molar-refractivity contribution >= 4 is 99.5 Å². The number of anilines is 6. The lowest BCUT2D eigenvalue weighted by atomic mass is 9.82. The largest absolute Gasteiger partial charge is 0.455 e. The lowest BCUT2D eigenvalue weighted by Gasteiger charge is -2.28. The van der Waals surface area contributed by atoms with E-state index in [1.54, 1.807) is 0 Å². The van der Waals surface area contributed by atoms with Crippen molar-refractivity contribution in [2.24, 2.45) is 0 Å². The van der Waals surface area contributed by atoms with E-state index in [0.29, 0.717) is 0 Å². The molecule has 0 N–H and O–H groups in total. The van der Waals surface area contributed by atoms with Gasteiger partial charge < -0.3 is 18.6 Å². The number of benzene rings is 11. The molecule has 0 bridgehead atoms. The Kier molecular flexibility index (Phi) is 8.59. The molecule has 0 saturated carbocycles. The first-order valence-corrected chi connectivity index (χ1v) is 23.7. The van der Waals surface area contributed by atoms with E-state index >= 15 is 0 Å². The molecule has 0 unspecified atom stereocenters. The predicted molar refractivity (Wildman–Crippen MR) is 288 cm³/mol. The van der Waals surface area contributed by atoms with Crippen molar-refractivity contribution in [1.82, 2.24) is 0 Å². The smallest absolute Gasteiger partial charge is 0.159 e. The summed E-state index contributed by atoms with van der Waals surface area (Å²) in [5.74, 6) is 0. The molecular formula is C65H44N2O2. The molecule has 1 aliphatic carbocycles. The van der Waals surface area contributed by atoms with Gasteiger partial charge >= 0.3 is 0 Å². The number of fused-ring (bicyclic) bond motifs is 14. The van der Waals surface area contributed by atoms with Crippen LogP contribution < -0.4 is 9.80 Å². The van der Waals surface area contributed by atoms with Crippen LogP contribution in [-0.2, 0) is 5.41 Å². The SMILES string of the molecule is CC1(C)c2ccccc2-c2ccc(N(c3ccccc3)c3ccc4c(c3)oc3c5ccc(-c6ccc(N(c7ccccc7)c7cccc8c7oc7ccccc78)cc6)cc5c5ccccc5c43)cc21. The third-order valence-corrected chi connectivity index (χ3v) is 14.6. The highest BCUT2D eigenvalue weighted by atomic mass is 16.3. The van der Waals surface area contributed by atoms with E-state index in [9.17, 15) is 0 Å². The molecule has 14 rings (SSSR count). The number of rotatable bonds is 7. The van der Waals surface area contributed by atoms with Crippen LogP contribution in [0.15, 0.2) is 239 Å². The lowest BCUT2D eigenvalue weighted by Crippen LogP contribution is -2.16. The van der Waals surface area contributed by atoms with E-state index in [-0.39, 0.29) is 5.41 Å². The molecule has 2 heterocycles. The first-order valence-electron chi connectivity index (χ1n) is 23.7. The molecule has 1 aliphatic rings. The zero-order valence-electron chi connectivity index (χ0n) is 38.2. The molecule has 4 nitrogen and oxygen atoms in total. The van der Waals surface area contributed by atoms with Crippen LogP contribution in [0.25, 0.3) is 87.7 Å². The maximum Gasteiger partial charge on any atom is 0.159 e. The molecule has 11 aromatic carbocycles. The van der Waals surface area contributed by atoms with Gasteiger partial charge in [-0.15, -0.1) is 0 Å². The van der Waals surface area contributed by atoms with Crippen molar-refractivity contribution < 1.29 is 8.83 Å². The lowest BCUT2D eigenvalue weighted by molar-refractivity contribution is 0.660. The molecule has 13 aromatic rings. The predicted octanol–water partition coefficient (Wildman–Crippen LogP) is 18.7. The molecule has 0 fully saturated rings. The summed E-state index contributed by atoms with van der Waals surface area (Å²) >= 11 is 0. The minimum absolute atomic E-state index is 0.117. The highest BCUT2D eigenvalue weighted by molar-refractivity contribution is 6.30. The molecule has 0 atom stereocenters. The van der Waals surface area contributed by atoms with E-state index in [1.807, 2.05) is 12.1 Å². The van der Waals surface area contributed by atoms with E-state index in [1.165, 1.54) is 33.0 Å². The quantitative estimate of drug-likeness (QED) is 0.149. The van der Waals surface area contributed by atoms with Gasteiger partial charge in [-0.1, -0.05) is 153 Å². The molecule has 4 heteroatoms. The fraction of sp³-hybridized carbons (Fsp3) is 0.0462. The number of para-hydroxylation sites is 4. The molecule has 69 heavy (non-hydrogen) atoms. The van der Waals surface area contributed by atoms with Crippen LogP contribution in [0, 0.1) is 0 Å². The van der Waals surface area contributed by atoms with Crippen molar-refractivity contribution in [3.63, 3.8) is 0 Å². The van der Waals surface area contributed by atoms with Crippen LogP contribution >= 0.6 is 0 Å². The fourth-order valence-corrected chi connectivity index (χ4v) is 11.3. The molecule has 0 amide bonds. The van der Waals surface area contributed by atoms with Gasteiger partial charge in [0.1, 0.15) is 16.7 Å². The molecule has 0 radical (unpaired) electrons. The summed E-state index contributed by atoms with van der Waals surface area (Å²) in [6.07, 6.45) is 0. The van der Waals surface area contributed by atoms with Gasteiger partial charge in [0.05, 0.1) is 5.69 Å². The van der Waals surface area contributed by atoms with Crippen molar-refractivity contribution in [1.29, 1.82) is 0 Å². The second-order valence-corrected chi connectivity index (χ2v) is 18.8. The summed E-state index contributed by atoms with van der Waals surface area (Å²) < 4.78 is 13.6. The monoisotopic (exact) mass is 884 g/mol. The number of hydrogen-bond donors (Lipinski definition) is 0. The minimum atomic E-state index is -0.117. The third-order valence-electron chi connectivity index (χ3n) is 14.6. The molecule has 326 valence electrons. The van der Waals surface area contributed by atoms with Gasteiger partial charge in [0.15, 0.2) is 5.58 Å². The molecular weight excluding hydrogens is 841 g/mol. The number of hydrogen-bond acceptors (Lipinski definition) is 4. The summed E-state index contributed by atoms with van der Waals surface area (Å²) in [6, 6.07) is 82.9. The number of furan rings is 2. The highest BCUT2D eigenvalue weighted by Gasteiger charge is 2.36. The van der Waals surface area contributed by atoms with E-state index in [2.05, 4.69) is 242 Å². The van der Waals surface area contributed by atoms with Crippen molar-refractivity contribution in [3.05, 3.63) is 242 Å². The standard InChI is InChI=1S/C65H44N2O2/c1-65(2)57-25-13-11-21-49(57)50-36-33-46(39-58(50)65)66(43-16-5-3-6-17-43)47-34-37-55-61(40-47)69-64-54-35-30-42(38-56(54)48-20-9-10-23-52(48)62(55)64)41-28-31-45(32-29-41)67(44-18-7-4-8-19-44)59-26-15-24-53-51-22-12-14-27-60(51)68-63(53)59/h3-40H,1-2H3. The van der Waals surface area contributed by atoms with Crippen LogP contribution in [0.3, 0.4) is 0 Å². The van der Waals surface area contributed by atoms with Crippen LogP contribution in [-0.4, -0.2) is 0 Å². The van der Waals surface area contributed by atoms with Gasteiger partial charge in [-0.25, -0.2) is 0 Å². The molecule has 0 saturated heterocycles. The van der Waals surface area contributed by atoms with Crippen LogP contribution in [0.4, 0.5) is 34.1 Å². The zero-order chi connectivity index (χ0) is 45.8.